The fourth-order valence-corrected chi connectivity index (χ4v) is 3.07. The summed E-state index contributed by atoms with van der Waals surface area (Å²) in [5.41, 5.74) is 12.4. The zero-order chi connectivity index (χ0) is 17.6. The van der Waals surface area contributed by atoms with Gasteiger partial charge in [-0.2, -0.15) is 0 Å². The predicted octanol–water partition coefficient (Wildman–Crippen LogP) is 2.85. The van der Waals surface area contributed by atoms with Crippen LogP contribution in [0.4, 0.5) is 17.3 Å². The number of carbonyl (C=O) groups is 1. The number of hydrogen-bond acceptors (Lipinski definition) is 6. The molecule has 0 atom stereocenters. The standard InChI is InChI=1S/C17H21ClN6O/c18-13-8-4-3-7-12(13)17(25)23-22-15-14(19)16(21-11-20-15)24-9-5-1-2-6-10-24/h3-4,7-8,11H,1-2,5-6,9-10,19H2,(H,23,25)(H,20,21,22). The molecule has 1 amide bonds. The minimum atomic E-state index is -0.361. The smallest absolute Gasteiger partial charge is 0.271 e. The van der Waals surface area contributed by atoms with Crippen LogP contribution in [-0.4, -0.2) is 29.0 Å². The van der Waals surface area contributed by atoms with Gasteiger partial charge in [-0.25, -0.2) is 9.97 Å². The lowest BCUT2D eigenvalue weighted by atomic mass is 10.2. The number of nitrogens with zero attached hydrogens (tertiary/aromatic N) is 3. The van der Waals surface area contributed by atoms with Gasteiger partial charge in [0.15, 0.2) is 11.6 Å². The van der Waals surface area contributed by atoms with E-state index in [4.69, 9.17) is 17.3 Å². The minimum Gasteiger partial charge on any atom is -0.393 e. The largest absolute Gasteiger partial charge is 0.393 e. The molecular weight excluding hydrogens is 340 g/mol. The Morgan fingerprint density at radius 1 is 1.12 bits per heavy atom. The highest BCUT2D eigenvalue weighted by atomic mass is 35.5. The van der Waals surface area contributed by atoms with Crippen LogP contribution in [0.1, 0.15) is 36.0 Å². The first kappa shape index (κ1) is 17.3. The zero-order valence-electron chi connectivity index (χ0n) is 13.8. The fraction of sp³-hybridized carbons (Fsp3) is 0.353. The maximum Gasteiger partial charge on any atom is 0.271 e. The summed E-state index contributed by atoms with van der Waals surface area (Å²) in [7, 11) is 0. The van der Waals surface area contributed by atoms with Gasteiger partial charge in [-0.05, 0) is 25.0 Å². The fourth-order valence-electron chi connectivity index (χ4n) is 2.85. The van der Waals surface area contributed by atoms with Gasteiger partial charge in [0.2, 0.25) is 0 Å². The Hall–Kier alpha value is -2.54. The molecule has 1 aliphatic heterocycles. The lowest BCUT2D eigenvalue weighted by molar-refractivity contribution is 0.0962. The van der Waals surface area contributed by atoms with Crippen molar-refractivity contribution in [2.24, 2.45) is 0 Å². The van der Waals surface area contributed by atoms with Gasteiger partial charge in [-0.15, -0.1) is 0 Å². The van der Waals surface area contributed by atoms with Crippen LogP contribution in [0.2, 0.25) is 5.02 Å². The molecule has 0 radical (unpaired) electrons. The molecule has 8 heteroatoms. The quantitative estimate of drug-likeness (QED) is 0.725. The molecule has 2 heterocycles. The number of carbonyl (C=O) groups excluding carboxylic acids is 1. The van der Waals surface area contributed by atoms with E-state index in [0.717, 1.165) is 25.9 Å². The summed E-state index contributed by atoms with van der Waals surface area (Å²) in [5, 5.41) is 0.378. The second kappa shape index (κ2) is 8.02. The van der Waals surface area contributed by atoms with E-state index in [0.29, 0.717) is 27.9 Å². The number of anilines is 3. The number of nitrogens with two attached hydrogens (primary N) is 1. The average Bonchev–Trinajstić information content (AvgIpc) is 2.90. The van der Waals surface area contributed by atoms with Crippen molar-refractivity contribution in [3.8, 4) is 0 Å². The Morgan fingerprint density at radius 2 is 1.84 bits per heavy atom. The van der Waals surface area contributed by atoms with Crippen molar-refractivity contribution < 1.29 is 4.79 Å². The molecule has 1 aromatic heterocycles. The van der Waals surface area contributed by atoms with Gasteiger partial charge in [-0.1, -0.05) is 36.6 Å². The van der Waals surface area contributed by atoms with Crippen molar-refractivity contribution in [1.29, 1.82) is 0 Å². The highest BCUT2D eigenvalue weighted by Crippen LogP contribution is 2.27. The third kappa shape index (κ3) is 4.11. The molecule has 1 fully saturated rings. The molecule has 1 aromatic carbocycles. The molecule has 1 aliphatic rings. The molecule has 7 nitrogen and oxygen atoms in total. The summed E-state index contributed by atoms with van der Waals surface area (Å²) in [5.74, 6) is 0.709. The van der Waals surface area contributed by atoms with E-state index < -0.39 is 0 Å². The highest BCUT2D eigenvalue weighted by molar-refractivity contribution is 6.33. The van der Waals surface area contributed by atoms with Crippen LogP contribution < -0.4 is 21.5 Å². The number of amides is 1. The molecule has 0 spiro atoms. The number of hydrogen-bond donors (Lipinski definition) is 3. The molecule has 0 aliphatic carbocycles. The first-order valence-electron chi connectivity index (χ1n) is 8.33. The second-order valence-electron chi connectivity index (χ2n) is 5.92. The molecule has 3 rings (SSSR count). The number of aromatic nitrogens is 2. The van der Waals surface area contributed by atoms with Crippen LogP contribution in [0.3, 0.4) is 0 Å². The lowest BCUT2D eigenvalue weighted by Gasteiger charge is -2.23. The van der Waals surface area contributed by atoms with Gasteiger partial charge < -0.3 is 10.6 Å². The number of nitrogen functional groups attached to an aromatic ring is 1. The van der Waals surface area contributed by atoms with Crippen LogP contribution in [0.15, 0.2) is 30.6 Å². The van der Waals surface area contributed by atoms with Crippen molar-refractivity contribution in [3.05, 3.63) is 41.2 Å². The Morgan fingerprint density at radius 3 is 2.56 bits per heavy atom. The van der Waals surface area contributed by atoms with E-state index in [9.17, 15) is 4.79 Å². The first-order valence-corrected chi connectivity index (χ1v) is 8.71. The van der Waals surface area contributed by atoms with E-state index in [1.807, 2.05) is 0 Å². The molecular formula is C17H21ClN6O. The maximum atomic E-state index is 12.2. The van der Waals surface area contributed by atoms with Crippen molar-refractivity contribution in [2.75, 3.05) is 29.1 Å². The third-order valence-corrected chi connectivity index (χ3v) is 4.51. The summed E-state index contributed by atoms with van der Waals surface area (Å²) in [4.78, 5) is 22.8. The summed E-state index contributed by atoms with van der Waals surface area (Å²) >= 11 is 6.03. The monoisotopic (exact) mass is 360 g/mol. The molecule has 25 heavy (non-hydrogen) atoms. The summed E-state index contributed by atoms with van der Waals surface area (Å²) < 4.78 is 0. The Balaban J connectivity index is 1.71. The first-order chi connectivity index (χ1) is 12.2. The van der Waals surface area contributed by atoms with E-state index in [2.05, 4.69) is 25.7 Å². The maximum absolute atomic E-state index is 12.2. The second-order valence-corrected chi connectivity index (χ2v) is 6.33. The normalized spacial score (nSPS) is 14.7. The molecule has 0 unspecified atom stereocenters. The average molecular weight is 361 g/mol. The Labute approximate surface area is 151 Å². The minimum absolute atomic E-state index is 0.361. The molecule has 1 saturated heterocycles. The molecule has 2 aromatic rings. The SMILES string of the molecule is Nc1c(NNC(=O)c2ccccc2Cl)ncnc1N1CCCCCC1. The summed E-state index contributed by atoms with van der Waals surface area (Å²) in [6.45, 7) is 1.85. The van der Waals surface area contributed by atoms with E-state index in [1.54, 1.807) is 24.3 Å². The molecule has 4 N–H and O–H groups in total. The lowest BCUT2D eigenvalue weighted by Crippen LogP contribution is -2.31. The van der Waals surface area contributed by atoms with Gasteiger partial charge in [0.25, 0.3) is 5.91 Å². The Kier molecular flexibility index (Phi) is 5.55. The number of hydrazine groups is 1. The van der Waals surface area contributed by atoms with Crippen LogP contribution in [0.25, 0.3) is 0 Å². The van der Waals surface area contributed by atoms with Crippen LogP contribution in [0.5, 0.6) is 0 Å². The third-order valence-electron chi connectivity index (χ3n) is 4.18. The van der Waals surface area contributed by atoms with Crippen molar-refractivity contribution in [3.63, 3.8) is 0 Å². The van der Waals surface area contributed by atoms with Gasteiger partial charge in [0.05, 0.1) is 10.6 Å². The van der Waals surface area contributed by atoms with Crippen LogP contribution in [0, 0.1) is 0 Å². The van der Waals surface area contributed by atoms with Crippen LogP contribution in [-0.2, 0) is 0 Å². The predicted molar refractivity (Wildman–Crippen MR) is 99.7 cm³/mol. The number of benzene rings is 1. The number of rotatable bonds is 4. The molecule has 0 saturated carbocycles. The van der Waals surface area contributed by atoms with Gasteiger partial charge in [0, 0.05) is 13.1 Å². The summed E-state index contributed by atoms with van der Waals surface area (Å²) in [6, 6.07) is 6.82. The molecule has 132 valence electrons. The van der Waals surface area contributed by atoms with Gasteiger partial charge in [0.1, 0.15) is 12.0 Å². The highest BCUT2D eigenvalue weighted by Gasteiger charge is 2.17. The topological polar surface area (TPSA) is 96.2 Å². The van der Waals surface area contributed by atoms with E-state index >= 15 is 0 Å². The number of halogens is 1. The zero-order valence-corrected chi connectivity index (χ0v) is 14.6. The summed E-state index contributed by atoms with van der Waals surface area (Å²) in [6.07, 6.45) is 6.13. The van der Waals surface area contributed by atoms with Crippen molar-refractivity contribution >= 4 is 34.8 Å². The van der Waals surface area contributed by atoms with Crippen LogP contribution >= 0.6 is 11.6 Å². The Bertz CT molecular complexity index is 746. The molecule has 0 bridgehead atoms. The van der Waals surface area contributed by atoms with Crippen molar-refractivity contribution in [1.82, 2.24) is 15.4 Å². The van der Waals surface area contributed by atoms with Gasteiger partial charge >= 0.3 is 0 Å². The van der Waals surface area contributed by atoms with E-state index in [1.165, 1.54) is 19.2 Å². The van der Waals surface area contributed by atoms with E-state index in [-0.39, 0.29) is 5.91 Å². The number of nitrogens with one attached hydrogen (secondary N) is 2. The van der Waals surface area contributed by atoms with Crippen molar-refractivity contribution in [2.45, 2.75) is 25.7 Å². The van der Waals surface area contributed by atoms with Gasteiger partial charge in [-0.3, -0.25) is 15.6 Å².